The second-order valence-electron chi connectivity index (χ2n) is 4.60. The number of aliphatic hydroxyl groups excluding tert-OH is 1. The molecule has 2 aromatic rings. The summed E-state index contributed by atoms with van der Waals surface area (Å²) >= 11 is 1.09. The highest BCUT2D eigenvalue weighted by Gasteiger charge is 2.23. The number of rotatable bonds is 4. The van der Waals surface area contributed by atoms with Crippen LogP contribution in [0.3, 0.4) is 0 Å². The zero-order valence-electron chi connectivity index (χ0n) is 11.4. The van der Waals surface area contributed by atoms with Crippen molar-refractivity contribution in [2.45, 2.75) is 26.9 Å². The first-order chi connectivity index (χ1) is 9.38. The molecule has 1 aromatic heterocycles. The van der Waals surface area contributed by atoms with Crippen LogP contribution in [0.1, 0.15) is 29.0 Å². The normalized spacial score (nSPS) is 12.2. The van der Waals surface area contributed by atoms with Gasteiger partial charge in [-0.15, -0.1) is 0 Å². The Morgan fingerprint density at radius 2 is 2.00 bits per heavy atom. The van der Waals surface area contributed by atoms with Crippen LogP contribution in [0.4, 0.5) is 5.69 Å². The van der Waals surface area contributed by atoms with Crippen LogP contribution >= 0.6 is 11.3 Å². The van der Waals surface area contributed by atoms with Gasteiger partial charge in [0.05, 0.1) is 11.0 Å². The molecule has 1 aromatic carbocycles. The summed E-state index contributed by atoms with van der Waals surface area (Å²) in [5.74, 6) is 0.551. The van der Waals surface area contributed by atoms with E-state index in [1.807, 2.05) is 26.0 Å². The minimum absolute atomic E-state index is 0.121. The summed E-state index contributed by atoms with van der Waals surface area (Å²) in [6.07, 6.45) is -0.754. The van der Waals surface area contributed by atoms with Crippen molar-refractivity contribution >= 4 is 17.0 Å². The number of nitrogens with zero attached hydrogens (tertiary/aromatic N) is 1. The highest BCUT2D eigenvalue weighted by Crippen LogP contribution is 2.42. The summed E-state index contributed by atoms with van der Waals surface area (Å²) in [5.41, 5.74) is 2.06. The van der Waals surface area contributed by atoms with Crippen LogP contribution < -0.4 is 4.74 Å². The standard InChI is InChI=1S/C14H15NO4S/c1-8-4-5-11(6-9(8)2)19-14-12(15(17)18)7-13(20-14)10(3)16/h4-7,10,16H,1-3H3/t10-/m1/s1. The Kier molecular flexibility index (Phi) is 4.06. The molecule has 1 N–H and O–H groups in total. The van der Waals surface area contributed by atoms with E-state index in [1.54, 1.807) is 13.0 Å². The Hall–Kier alpha value is -1.92. The molecule has 1 atom stereocenters. The van der Waals surface area contributed by atoms with E-state index in [2.05, 4.69) is 0 Å². The van der Waals surface area contributed by atoms with E-state index in [0.29, 0.717) is 10.6 Å². The third kappa shape index (κ3) is 2.97. The molecule has 0 fully saturated rings. The summed E-state index contributed by atoms with van der Waals surface area (Å²) in [4.78, 5) is 11.0. The Morgan fingerprint density at radius 3 is 2.55 bits per heavy atom. The van der Waals surface area contributed by atoms with Crippen LogP contribution in [0, 0.1) is 24.0 Å². The van der Waals surface area contributed by atoms with Crippen molar-refractivity contribution < 1.29 is 14.8 Å². The summed E-state index contributed by atoms with van der Waals surface area (Å²) in [6, 6.07) is 6.86. The molecule has 0 aliphatic heterocycles. The smallest absolute Gasteiger partial charge is 0.323 e. The number of hydrogen-bond donors (Lipinski definition) is 1. The molecule has 5 nitrogen and oxygen atoms in total. The molecule has 0 saturated heterocycles. The molecule has 0 amide bonds. The number of aryl methyl sites for hydroxylation is 2. The molecular formula is C14H15NO4S. The number of aliphatic hydroxyl groups is 1. The van der Waals surface area contributed by atoms with Crippen molar-refractivity contribution in [1.82, 2.24) is 0 Å². The average Bonchev–Trinajstić information content (AvgIpc) is 2.78. The van der Waals surface area contributed by atoms with E-state index in [9.17, 15) is 15.2 Å². The average molecular weight is 293 g/mol. The molecule has 20 heavy (non-hydrogen) atoms. The first-order valence-corrected chi connectivity index (χ1v) is 6.91. The number of nitro groups is 1. The molecule has 106 valence electrons. The van der Waals surface area contributed by atoms with E-state index in [-0.39, 0.29) is 10.8 Å². The summed E-state index contributed by atoms with van der Waals surface area (Å²) in [5, 5.41) is 20.7. The Labute approximate surface area is 120 Å². The van der Waals surface area contributed by atoms with E-state index >= 15 is 0 Å². The molecule has 0 unspecified atom stereocenters. The summed E-state index contributed by atoms with van der Waals surface area (Å²) in [7, 11) is 0. The lowest BCUT2D eigenvalue weighted by atomic mass is 10.1. The predicted molar refractivity (Wildman–Crippen MR) is 77.6 cm³/mol. The molecule has 0 bridgehead atoms. The molecule has 1 heterocycles. The van der Waals surface area contributed by atoms with Crippen LogP contribution in [-0.4, -0.2) is 10.0 Å². The maximum atomic E-state index is 11.0. The van der Waals surface area contributed by atoms with Crippen LogP contribution in [0.15, 0.2) is 24.3 Å². The second kappa shape index (κ2) is 5.60. The molecule has 0 spiro atoms. The highest BCUT2D eigenvalue weighted by atomic mass is 32.1. The summed E-state index contributed by atoms with van der Waals surface area (Å²) < 4.78 is 5.60. The van der Waals surface area contributed by atoms with Crippen LogP contribution in [-0.2, 0) is 0 Å². The van der Waals surface area contributed by atoms with Gasteiger partial charge in [0.2, 0.25) is 0 Å². The Bertz CT molecular complexity index is 649. The lowest BCUT2D eigenvalue weighted by molar-refractivity contribution is -0.385. The monoisotopic (exact) mass is 293 g/mol. The number of hydrogen-bond acceptors (Lipinski definition) is 5. The molecule has 2 rings (SSSR count). The second-order valence-corrected chi connectivity index (χ2v) is 5.65. The third-order valence-electron chi connectivity index (χ3n) is 3.00. The fourth-order valence-electron chi connectivity index (χ4n) is 1.67. The Morgan fingerprint density at radius 1 is 1.30 bits per heavy atom. The first-order valence-electron chi connectivity index (χ1n) is 6.09. The van der Waals surface area contributed by atoms with Crippen molar-refractivity contribution in [3.63, 3.8) is 0 Å². The fourth-order valence-corrected chi connectivity index (χ4v) is 2.60. The number of ether oxygens (including phenoxy) is 1. The molecule has 0 aliphatic rings. The molecule has 0 aliphatic carbocycles. The van der Waals surface area contributed by atoms with Crippen LogP contribution in [0.2, 0.25) is 0 Å². The zero-order chi connectivity index (χ0) is 14.9. The molecular weight excluding hydrogens is 278 g/mol. The van der Waals surface area contributed by atoms with Crippen molar-refractivity contribution in [1.29, 1.82) is 0 Å². The van der Waals surface area contributed by atoms with Crippen molar-refractivity contribution in [2.24, 2.45) is 0 Å². The maximum Gasteiger partial charge on any atom is 0.323 e. The molecule has 0 radical (unpaired) electrons. The van der Waals surface area contributed by atoms with E-state index in [4.69, 9.17) is 4.74 Å². The van der Waals surface area contributed by atoms with Crippen LogP contribution in [0.25, 0.3) is 0 Å². The maximum absolute atomic E-state index is 11.0. The van der Waals surface area contributed by atoms with E-state index in [0.717, 1.165) is 22.5 Å². The fraction of sp³-hybridized carbons (Fsp3) is 0.286. The van der Waals surface area contributed by atoms with E-state index in [1.165, 1.54) is 6.07 Å². The van der Waals surface area contributed by atoms with Gasteiger partial charge in [-0.05, 0) is 44.0 Å². The van der Waals surface area contributed by atoms with Gasteiger partial charge in [0.25, 0.3) is 5.06 Å². The van der Waals surface area contributed by atoms with Gasteiger partial charge in [-0.25, -0.2) is 0 Å². The van der Waals surface area contributed by atoms with Gasteiger partial charge in [-0.1, -0.05) is 17.4 Å². The van der Waals surface area contributed by atoms with Crippen LogP contribution in [0.5, 0.6) is 10.8 Å². The highest BCUT2D eigenvalue weighted by molar-refractivity contribution is 7.14. The first kappa shape index (κ1) is 14.5. The quantitative estimate of drug-likeness (QED) is 0.680. The third-order valence-corrected chi connectivity index (χ3v) is 4.17. The minimum Gasteiger partial charge on any atom is -0.440 e. The summed E-state index contributed by atoms with van der Waals surface area (Å²) in [6.45, 7) is 5.50. The molecule has 6 heteroatoms. The largest absolute Gasteiger partial charge is 0.440 e. The van der Waals surface area contributed by atoms with Gasteiger partial charge in [-0.2, -0.15) is 0 Å². The van der Waals surface area contributed by atoms with Gasteiger partial charge in [-0.3, -0.25) is 10.1 Å². The van der Waals surface area contributed by atoms with Gasteiger partial charge in [0.1, 0.15) is 5.75 Å². The lowest BCUT2D eigenvalue weighted by Crippen LogP contribution is -1.90. The topological polar surface area (TPSA) is 72.6 Å². The minimum atomic E-state index is -0.754. The Balaban J connectivity index is 2.36. The van der Waals surface area contributed by atoms with Gasteiger partial charge < -0.3 is 9.84 Å². The molecule has 0 saturated carbocycles. The number of benzene rings is 1. The van der Waals surface area contributed by atoms with Crippen molar-refractivity contribution in [2.75, 3.05) is 0 Å². The SMILES string of the molecule is Cc1ccc(Oc2sc([C@@H](C)O)cc2[N+](=O)[O-])cc1C. The van der Waals surface area contributed by atoms with Gasteiger partial charge >= 0.3 is 5.69 Å². The van der Waals surface area contributed by atoms with E-state index < -0.39 is 11.0 Å². The van der Waals surface area contributed by atoms with Gasteiger partial charge in [0.15, 0.2) is 0 Å². The van der Waals surface area contributed by atoms with Crippen molar-refractivity contribution in [3.8, 4) is 10.8 Å². The number of thiophene rings is 1. The zero-order valence-corrected chi connectivity index (χ0v) is 12.2. The van der Waals surface area contributed by atoms with Crippen molar-refractivity contribution in [3.05, 3.63) is 50.4 Å². The van der Waals surface area contributed by atoms with Gasteiger partial charge in [0, 0.05) is 10.9 Å². The lowest BCUT2D eigenvalue weighted by Gasteiger charge is -2.05. The predicted octanol–water partition coefficient (Wildman–Crippen LogP) is 4.12.